The fourth-order valence-electron chi connectivity index (χ4n) is 2.24. The highest BCUT2D eigenvalue weighted by Crippen LogP contribution is 2.29. The van der Waals surface area contributed by atoms with Crippen LogP contribution in [-0.2, 0) is 15.4 Å². The predicted octanol–water partition coefficient (Wildman–Crippen LogP) is 3.93. The summed E-state index contributed by atoms with van der Waals surface area (Å²) in [6, 6.07) is 10.6. The van der Waals surface area contributed by atoms with E-state index in [-0.39, 0.29) is 21.7 Å². The van der Waals surface area contributed by atoms with Gasteiger partial charge in [-0.25, -0.2) is 12.8 Å². The molecule has 0 aliphatic heterocycles. The number of halogens is 1. The maximum absolute atomic E-state index is 14.2. The van der Waals surface area contributed by atoms with Crippen LogP contribution >= 0.6 is 0 Å². The standard InChI is InChI=1S/C17H20FNO3S/c1-17(2,3)13-10-9-12(11-14(13)18)19-23(20,21)16-8-6-5-7-15(16)22-4/h5-11,19H,1-4H3. The third-order valence-corrected chi connectivity index (χ3v) is 4.81. The SMILES string of the molecule is COc1ccccc1S(=O)(=O)Nc1ccc(C(C)(C)C)c(F)c1. The number of sulfonamides is 1. The van der Waals surface area contributed by atoms with Crippen LogP contribution in [0.15, 0.2) is 47.4 Å². The summed E-state index contributed by atoms with van der Waals surface area (Å²) in [5, 5.41) is 0. The average Bonchev–Trinajstić information content (AvgIpc) is 2.45. The third kappa shape index (κ3) is 3.82. The van der Waals surface area contributed by atoms with Gasteiger partial charge in [0.25, 0.3) is 10.0 Å². The van der Waals surface area contributed by atoms with Gasteiger partial charge in [0.05, 0.1) is 12.8 Å². The topological polar surface area (TPSA) is 55.4 Å². The van der Waals surface area contributed by atoms with E-state index in [1.165, 1.54) is 19.2 Å². The minimum absolute atomic E-state index is 0.00260. The highest BCUT2D eigenvalue weighted by molar-refractivity contribution is 7.92. The Kier molecular flexibility index (Phi) is 4.66. The van der Waals surface area contributed by atoms with E-state index in [2.05, 4.69) is 4.72 Å². The van der Waals surface area contributed by atoms with Crippen molar-refractivity contribution in [1.82, 2.24) is 0 Å². The first-order valence-electron chi connectivity index (χ1n) is 7.11. The fraction of sp³-hybridized carbons (Fsp3) is 0.294. The minimum Gasteiger partial charge on any atom is -0.495 e. The van der Waals surface area contributed by atoms with Crippen LogP contribution in [-0.4, -0.2) is 15.5 Å². The third-order valence-electron chi connectivity index (χ3n) is 3.39. The van der Waals surface area contributed by atoms with E-state index < -0.39 is 15.8 Å². The average molecular weight is 337 g/mol. The quantitative estimate of drug-likeness (QED) is 0.919. The molecule has 23 heavy (non-hydrogen) atoms. The largest absolute Gasteiger partial charge is 0.495 e. The zero-order chi connectivity index (χ0) is 17.3. The van der Waals surface area contributed by atoms with Crippen LogP contribution in [0.4, 0.5) is 10.1 Å². The summed E-state index contributed by atoms with van der Waals surface area (Å²) in [7, 11) is -2.47. The molecule has 0 bridgehead atoms. The first kappa shape index (κ1) is 17.3. The van der Waals surface area contributed by atoms with E-state index >= 15 is 0 Å². The lowest BCUT2D eigenvalue weighted by Gasteiger charge is -2.20. The Balaban J connectivity index is 2.37. The summed E-state index contributed by atoms with van der Waals surface area (Å²) in [6.07, 6.45) is 0. The van der Waals surface area contributed by atoms with Crippen molar-refractivity contribution in [2.45, 2.75) is 31.1 Å². The minimum atomic E-state index is -3.86. The number of methoxy groups -OCH3 is 1. The van der Waals surface area contributed by atoms with Crippen LogP contribution in [0.3, 0.4) is 0 Å². The molecule has 2 rings (SSSR count). The molecule has 4 nitrogen and oxygen atoms in total. The molecule has 0 aliphatic carbocycles. The van der Waals surface area contributed by atoms with Gasteiger partial charge < -0.3 is 4.74 Å². The lowest BCUT2D eigenvalue weighted by molar-refractivity contribution is 0.403. The van der Waals surface area contributed by atoms with Crippen LogP contribution in [0.25, 0.3) is 0 Å². The Labute approximate surface area is 136 Å². The number of hydrogen-bond acceptors (Lipinski definition) is 3. The molecular weight excluding hydrogens is 317 g/mol. The molecule has 0 spiro atoms. The van der Waals surface area contributed by atoms with Gasteiger partial charge in [-0.15, -0.1) is 0 Å². The van der Waals surface area contributed by atoms with Crippen molar-refractivity contribution >= 4 is 15.7 Å². The lowest BCUT2D eigenvalue weighted by atomic mass is 9.86. The molecule has 0 amide bonds. The smallest absolute Gasteiger partial charge is 0.265 e. The first-order chi connectivity index (χ1) is 10.6. The first-order valence-corrected chi connectivity index (χ1v) is 8.59. The number of hydrogen-bond donors (Lipinski definition) is 1. The summed E-state index contributed by atoms with van der Waals surface area (Å²) in [5.74, 6) is -0.218. The molecule has 2 aromatic rings. The second-order valence-corrected chi connectivity index (χ2v) is 7.85. The predicted molar refractivity (Wildman–Crippen MR) is 88.9 cm³/mol. The van der Waals surface area contributed by atoms with Crippen molar-refractivity contribution in [3.05, 3.63) is 53.8 Å². The van der Waals surface area contributed by atoms with Crippen LogP contribution in [0.5, 0.6) is 5.75 Å². The van der Waals surface area contributed by atoms with Gasteiger partial charge in [0.15, 0.2) is 0 Å². The lowest BCUT2D eigenvalue weighted by Crippen LogP contribution is -2.16. The van der Waals surface area contributed by atoms with Gasteiger partial charge in [0, 0.05) is 0 Å². The maximum atomic E-state index is 14.2. The van der Waals surface area contributed by atoms with Gasteiger partial charge >= 0.3 is 0 Å². The van der Waals surface area contributed by atoms with Crippen molar-refractivity contribution in [3.8, 4) is 5.75 Å². The molecule has 0 saturated heterocycles. The number of rotatable bonds is 4. The Hall–Kier alpha value is -2.08. The molecule has 0 heterocycles. The number of nitrogens with one attached hydrogen (secondary N) is 1. The van der Waals surface area contributed by atoms with Crippen LogP contribution < -0.4 is 9.46 Å². The van der Waals surface area contributed by atoms with Crippen molar-refractivity contribution < 1.29 is 17.5 Å². The molecule has 0 aromatic heterocycles. The van der Waals surface area contributed by atoms with Gasteiger partial charge in [0.1, 0.15) is 16.5 Å². The molecule has 0 saturated carbocycles. The molecule has 0 fully saturated rings. The summed E-state index contributed by atoms with van der Waals surface area (Å²) in [4.78, 5) is 0.00260. The number of benzene rings is 2. The molecule has 0 unspecified atom stereocenters. The molecule has 124 valence electrons. The van der Waals surface area contributed by atoms with Crippen LogP contribution in [0.1, 0.15) is 26.3 Å². The normalized spacial score (nSPS) is 12.0. The highest BCUT2D eigenvalue weighted by atomic mass is 32.2. The van der Waals surface area contributed by atoms with Crippen molar-refractivity contribution in [3.63, 3.8) is 0 Å². The van der Waals surface area contributed by atoms with E-state index in [1.807, 2.05) is 20.8 Å². The summed E-state index contributed by atoms with van der Waals surface area (Å²) in [5.41, 5.74) is 0.337. The maximum Gasteiger partial charge on any atom is 0.265 e. The number of anilines is 1. The molecule has 1 N–H and O–H groups in total. The zero-order valence-corrected chi connectivity index (χ0v) is 14.4. The van der Waals surface area contributed by atoms with Crippen molar-refractivity contribution in [2.24, 2.45) is 0 Å². The van der Waals surface area contributed by atoms with Crippen LogP contribution in [0, 0.1) is 5.82 Å². The molecular formula is C17H20FNO3S. The summed E-state index contributed by atoms with van der Waals surface area (Å²) in [6.45, 7) is 5.68. The Morgan fingerprint density at radius 1 is 1.09 bits per heavy atom. The van der Waals surface area contributed by atoms with Gasteiger partial charge in [-0.3, -0.25) is 4.72 Å². The molecule has 0 aliphatic rings. The van der Waals surface area contributed by atoms with Crippen LogP contribution in [0.2, 0.25) is 0 Å². The highest BCUT2D eigenvalue weighted by Gasteiger charge is 2.22. The van der Waals surface area contributed by atoms with Crippen molar-refractivity contribution in [1.29, 1.82) is 0 Å². The van der Waals surface area contributed by atoms with E-state index in [0.29, 0.717) is 5.56 Å². The van der Waals surface area contributed by atoms with E-state index in [9.17, 15) is 12.8 Å². The van der Waals surface area contributed by atoms with E-state index in [4.69, 9.17) is 4.74 Å². The Bertz CT molecular complexity index is 811. The molecule has 2 aromatic carbocycles. The second-order valence-electron chi connectivity index (χ2n) is 6.20. The van der Waals surface area contributed by atoms with Gasteiger partial charge in [-0.1, -0.05) is 39.0 Å². The second kappa shape index (κ2) is 6.20. The Morgan fingerprint density at radius 3 is 2.30 bits per heavy atom. The van der Waals surface area contributed by atoms with Gasteiger partial charge in [-0.05, 0) is 35.2 Å². The van der Waals surface area contributed by atoms with Crippen molar-refractivity contribution in [2.75, 3.05) is 11.8 Å². The zero-order valence-electron chi connectivity index (χ0n) is 13.6. The molecule has 0 radical (unpaired) electrons. The number of ether oxygens (including phenoxy) is 1. The monoisotopic (exact) mass is 337 g/mol. The Morgan fingerprint density at radius 2 is 1.74 bits per heavy atom. The van der Waals surface area contributed by atoms with Gasteiger partial charge in [-0.2, -0.15) is 0 Å². The van der Waals surface area contributed by atoms with Gasteiger partial charge in [0.2, 0.25) is 0 Å². The van der Waals surface area contributed by atoms with E-state index in [0.717, 1.165) is 0 Å². The molecule has 0 atom stereocenters. The fourth-order valence-corrected chi connectivity index (χ4v) is 3.46. The summed E-state index contributed by atoms with van der Waals surface area (Å²) >= 11 is 0. The molecule has 6 heteroatoms. The van der Waals surface area contributed by atoms with E-state index in [1.54, 1.807) is 30.3 Å². The number of para-hydroxylation sites is 1. The summed E-state index contributed by atoms with van der Waals surface area (Å²) < 4.78 is 46.6.